The van der Waals surface area contributed by atoms with Crippen molar-refractivity contribution in [2.75, 3.05) is 11.9 Å². The summed E-state index contributed by atoms with van der Waals surface area (Å²) in [5.74, 6) is -0.707. The van der Waals surface area contributed by atoms with Crippen molar-refractivity contribution in [3.05, 3.63) is 101 Å². The highest BCUT2D eigenvalue weighted by molar-refractivity contribution is 6.03. The van der Waals surface area contributed by atoms with E-state index >= 15 is 4.39 Å². The molecule has 0 aliphatic heterocycles. The molecule has 0 bridgehead atoms. The second-order valence-electron chi connectivity index (χ2n) is 9.83. The van der Waals surface area contributed by atoms with Gasteiger partial charge in [-0.3, -0.25) is 19.8 Å². The van der Waals surface area contributed by atoms with E-state index < -0.39 is 11.7 Å². The van der Waals surface area contributed by atoms with Crippen LogP contribution in [0, 0.1) is 11.0 Å². The van der Waals surface area contributed by atoms with Gasteiger partial charge in [0.25, 0.3) is 5.69 Å². The van der Waals surface area contributed by atoms with Gasteiger partial charge in [0.2, 0.25) is 5.69 Å². The van der Waals surface area contributed by atoms with E-state index in [-0.39, 0.29) is 41.5 Å². The Morgan fingerprint density at radius 3 is 2.60 bits per heavy atom. The third-order valence-electron chi connectivity index (χ3n) is 6.15. The molecule has 42 heavy (non-hydrogen) atoms. The highest BCUT2D eigenvalue weighted by atomic mass is 19.1. The normalized spacial score (nSPS) is 12.2. The number of benzene rings is 1. The number of carbonyl (C=O) groups is 1. The zero-order valence-electron chi connectivity index (χ0n) is 23.8. The van der Waals surface area contributed by atoms with Crippen LogP contribution in [0.5, 0.6) is 11.5 Å². The molecule has 218 valence electrons. The van der Waals surface area contributed by atoms with Crippen molar-refractivity contribution in [2.45, 2.75) is 46.2 Å². The van der Waals surface area contributed by atoms with Crippen molar-refractivity contribution in [3.8, 4) is 22.8 Å². The van der Waals surface area contributed by atoms with E-state index in [1.54, 1.807) is 49.6 Å². The average Bonchev–Trinajstić information content (AvgIpc) is 2.98. The summed E-state index contributed by atoms with van der Waals surface area (Å²) >= 11 is 0. The summed E-state index contributed by atoms with van der Waals surface area (Å²) in [5.41, 5.74) is 2.05. The Hall–Kier alpha value is -4.90. The van der Waals surface area contributed by atoms with E-state index in [2.05, 4.69) is 25.6 Å². The van der Waals surface area contributed by atoms with Crippen molar-refractivity contribution >= 4 is 17.4 Å². The molecule has 0 aliphatic carbocycles. The number of aryl methyl sites for hydroxylation is 1. The molecule has 0 aliphatic rings. The molecule has 0 saturated heterocycles. The quantitative estimate of drug-likeness (QED) is 0.109. The zero-order valence-corrected chi connectivity index (χ0v) is 23.8. The highest BCUT2D eigenvalue weighted by Crippen LogP contribution is 2.31. The molecule has 0 unspecified atom stereocenters. The van der Waals surface area contributed by atoms with Gasteiger partial charge in [-0.2, -0.15) is 4.73 Å². The van der Waals surface area contributed by atoms with E-state index in [9.17, 15) is 15.1 Å². The predicted octanol–water partition coefficient (Wildman–Crippen LogP) is 4.65. The fourth-order valence-corrected chi connectivity index (χ4v) is 4.17. The minimum Gasteiger partial charge on any atom is -0.618 e. The Labute approximate surface area is 243 Å². The number of aromatic nitrogens is 3. The molecule has 0 saturated carbocycles. The lowest BCUT2D eigenvalue weighted by Gasteiger charge is -2.20. The van der Waals surface area contributed by atoms with Crippen LogP contribution in [0.1, 0.15) is 49.4 Å². The smallest absolute Gasteiger partial charge is 0.321 e. The third kappa shape index (κ3) is 7.05. The Kier molecular flexibility index (Phi) is 9.77. The summed E-state index contributed by atoms with van der Waals surface area (Å²) in [6.07, 6.45) is 5.25. The summed E-state index contributed by atoms with van der Waals surface area (Å²) in [7, 11) is 0. The lowest BCUT2D eigenvalue weighted by Crippen LogP contribution is -2.38. The van der Waals surface area contributed by atoms with Gasteiger partial charge in [-0.1, -0.05) is 6.92 Å². The topological polar surface area (TPSA) is 136 Å². The van der Waals surface area contributed by atoms with Gasteiger partial charge in [0.1, 0.15) is 11.6 Å². The first-order chi connectivity index (χ1) is 20.2. The van der Waals surface area contributed by atoms with Crippen LogP contribution < -0.4 is 20.1 Å². The fourth-order valence-electron chi connectivity index (χ4n) is 4.17. The molecular weight excluding hydrogens is 539 g/mol. The molecule has 3 aromatic heterocycles. The molecule has 4 aromatic rings. The maximum atomic E-state index is 15.3. The zero-order chi connectivity index (χ0) is 30.2. The Morgan fingerprint density at radius 2 is 1.93 bits per heavy atom. The number of rotatable bonds is 10. The maximum absolute atomic E-state index is 15.3. The number of aliphatic imine (C=N–C) groups is 1. The van der Waals surface area contributed by atoms with Gasteiger partial charge in [-0.05, 0) is 63.6 Å². The highest BCUT2D eigenvalue weighted by Gasteiger charge is 2.22. The van der Waals surface area contributed by atoms with E-state index in [4.69, 9.17) is 4.74 Å². The lowest BCUT2D eigenvalue weighted by atomic mass is 10.1. The number of carbonyl (C=O) groups excluding carboxylic acids is 1. The molecule has 4 rings (SSSR count). The van der Waals surface area contributed by atoms with Gasteiger partial charge in [0.05, 0.1) is 29.5 Å². The van der Waals surface area contributed by atoms with Crippen LogP contribution in [0.3, 0.4) is 0 Å². The van der Waals surface area contributed by atoms with Crippen LogP contribution in [0.25, 0.3) is 11.3 Å². The number of pyridine rings is 3. The summed E-state index contributed by atoms with van der Waals surface area (Å²) in [6.45, 7) is 7.48. The van der Waals surface area contributed by atoms with Crippen molar-refractivity contribution in [3.63, 3.8) is 0 Å². The first kappa shape index (κ1) is 30.1. The van der Waals surface area contributed by atoms with Gasteiger partial charge in [-0.15, -0.1) is 0 Å². The second kappa shape index (κ2) is 13.6. The van der Waals surface area contributed by atoms with Gasteiger partial charge in [-0.25, -0.2) is 4.39 Å². The number of halogens is 1. The number of anilines is 1. The van der Waals surface area contributed by atoms with Crippen molar-refractivity contribution in [1.29, 1.82) is 0 Å². The van der Waals surface area contributed by atoms with Gasteiger partial charge in [0.15, 0.2) is 11.6 Å². The molecule has 3 heterocycles. The molecule has 1 atom stereocenters. The first-order valence-corrected chi connectivity index (χ1v) is 13.6. The maximum Gasteiger partial charge on any atom is 0.321 e. The number of ether oxygens (including phenoxy) is 1. The molecule has 0 spiro atoms. The molecular formula is C31H33FN6O4. The van der Waals surface area contributed by atoms with Gasteiger partial charge >= 0.3 is 5.91 Å². The number of nitrogens with one attached hydrogen (secondary N) is 2. The standard InChI is InChI=1S/C31H33FN6O4/c1-5-24-29(30(35-19(2)3)36-20(4)18-39)28(13-15-34-24)42-27-12-11-22(16-23(27)32)37-31(40)26-10-6-9-25(38(26)41)21-8-7-14-33-17-21/h6-17,19-20,39H,5,18H2,1-4H3,(H,35,36)(H,37,40)/t20-/m1/s1. The van der Waals surface area contributed by atoms with Crippen LogP contribution in [-0.2, 0) is 6.42 Å². The van der Waals surface area contributed by atoms with E-state index in [0.717, 1.165) is 6.07 Å². The molecule has 10 nitrogen and oxygen atoms in total. The number of amides is 1. The summed E-state index contributed by atoms with van der Waals surface area (Å²) in [5, 5.41) is 28.4. The van der Waals surface area contributed by atoms with Crippen LogP contribution >= 0.6 is 0 Å². The van der Waals surface area contributed by atoms with Crippen LogP contribution in [0.4, 0.5) is 10.1 Å². The third-order valence-corrected chi connectivity index (χ3v) is 6.15. The number of nitrogens with zero attached hydrogens (tertiary/aromatic N) is 4. The van der Waals surface area contributed by atoms with E-state index in [0.29, 0.717) is 39.6 Å². The summed E-state index contributed by atoms with van der Waals surface area (Å²) in [4.78, 5) is 26.0. The molecule has 0 radical (unpaired) electrons. The Morgan fingerprint density at radius 1 is 1.12 bits per heavy atom. The minimum atomic E-state index is -0.730. The molecule has 1 amide bonds. The summed E-state index contributed by atoms with van der Waals surface area (Å²) in [6, 6.07) is 13.2. The van der Waals surface area contributed by atoms with E-state index in [1.165, 1.54) is 24.4 Å². The largest absolute Gasteiger partial charge is 0.618 e. The number of hydrogen-bond acceptors (Lipinski definition) is 7. The molecule has 0 fully saturated rings. The monoisotopic (exact) mass is 572 g/mol. The molecule has 11 heteroatoms. The lowest BCUT2D eigenvalue weighted by molar-refractivity contribution is -0.595. The molecule has 3 N–H and O–H groups in total. The SMILES string of the molecule is CCc1nccc(Oc2ccc(NC(=O)c3cccc(-c4cccnc4)[n+]3[O-])cc2F)c1C(=N[C@H](C)CO)NC(C)C. The Balaban J connectivity index is 1.60. The second-order valence-corrected chi connectivity index (χ2v) is 9.83. The number of amidine groups is 1. The minimum absolute atomic E-state index is 0.0184. The van der Waals surface area contributed by atoms with Crippen LogP contribution in [0.2, 0.25) is 0 Å². The first-order valence-electron chi connectivity index (χ1n) is 13.6. The summed E-state index contributed by atoms with van der Waals surface area (Å²) < 4.78 is 21.8. The van der Waals surface area contributed by atoms with Crippen molar-refractivity contribution in [2.24, 2.45) is 4.99 Å². The molecule has 1 aromatic carbocycles. The number of aliphatic hydroxyl groups excluding tert-OH is 1. The Bertz CT molecular complexity index is 1580. The van der Waals surface area contributed by atoms with Crippen LogP contribution in [-0.4, -0.2) is 45.5 Å². The fraction of sp³-hybridized carbons (Fsp3) is 0.258. The van der Waals surface area contributed by atoms with E-state index in [1.807, 2.05) is 20.8 Å². The predicted molar refractivity (Wildman–Crippen MR) is 158 cm³/mol. The van der Waals surface area contributed by atoms with Gasteiger partial charge < -0.3 is 25.7 Å². The number of aliphatic hydroxyl groups is 1. The average molecular weight is 573 g/mol. The van der Waals surface area contributed by atoms with Gasteiger partial charge in [0, 0.05) is 48.5 Å². The van der Waals surface area contributed by atoms with Crippen LogP contribution in [0.15, 0.2) is 78.2 Å². The number of hydrogen-bond donors (Lipinski definition) is 3. The van der Waals surface area contributed by atoms with Crippen molar-refractivity contribution in [1.82, 2.24) is 15.3 Å². The van der Waals surface area contributed by atoms with Crippen molar-refractivity contribution < 1.29 is 23.8 Å².